The third-order valence-electron chi connectivity index (χ3n) is 3.16. The Hall–Kier alpha value is -0.120. The van der Waals surface area contributed by atoms with Gasteiger partial charge in [-0.25, -0.2) is 0 Å². The molecule has 3 heteroatoms. The maximum absolute atomic E-state index is 9.27. The van der Waals surface area contributed by atoms with Crippen molar-refractivity contribution in [3.8, 4) is 0 Å². The number of hydrogen-bond donors (Lipinski definition) is 2. The molecule has 0 spiro atoms. The fraction of sp³-hybridized carbons (Fsp3) is 1.00. The van der Waals surface area contributed by atoms with Gasteiger partial charge in [0.1, 0.15) is 0 Å². The van der Waals surface area contributed by atoms with Crippen LogP contribution in [0.25, 0.3) is 0 Å². The second-order valence-corrected chi connectivity index (χ2v) is 6.01. The molecule has 1 rings (SSSR count). The zero-order valence-corrected chi connectivity index (χ0v) is 10.4. The van der Waals surface area contributed by atoms with Gasteiger partial charge in [-0.2, -0.15) is 0 Å². The lowest BCUT2D eigenvalue weighted by Gasteiger charge is -2.42. The molecule has 1 aliphatic rings. The van der Waals surface area contributed by atoms with Crippen LogP contribution in [-0.2, 0) is 4.74 Å². The summed E-state index contributed by atoms with van der Waals surface area (Å²) in [7, 11) is 0. The monoisotopic (exact) mass is 215 g/mol. The molecule has 0 saturated heterocycles. The minimum atomic E-state index is -0.428. The summed E-state index contributed by atoms with van der Waals surface area (Å²) in [5.74, 6) is 0.535. The first-order chi connectivity index (χ1) is 6.76. The van der Waals surface area contributed by atoms with E-state index in [1.165, 1.54) is 0 Å². The summed E-state index contributed by atoms with van der Waals surface area (Å²) in [6.45, 7) is 8.44. The highest BCUT2D eigenvalue weighted by molar-refractivity contribution is 4.94. The van der Waals surface area contributed by atoms with Crippen molar-refractivity contribution in [3.63, 3.8) is 0 Å². The predicted octanol–water partition coefficient (Wildman–Crippen LogP) is 1.68. The van der Waals surface area contributed by atoms with Crippen molar-refractivity contribution in [1.82, 2.24) is 0 Å². The molecule has 1 fully saturated rings. The smallest absolute Gasteiger partial charge is 0.0626 e. The summed E-state index contributed by atoms with van der Waals surface area (Å²) in [5, 5.41) is 9.27. The maximum atomic E-state index is 9.27. The summed E-state index contributed by atoms with van der Waals surface area (Å²) in [4.78, 5) is 0. The lowest BCUT2D eigenvalue weighted by molar-refractivity contribution is -0.110. The van der Waals surface area contributed by atoms with Crippen molar-refractivity contribution in [3.05, 3.63) is 0 Å². The van der Waals surface area contributed by atoms with Gasteiger partial charge in [0.25, 0.3) is 0 Å². The van der Waals surface area contributed by atoms with Crippen molar-refractivity contribution >= 4 is 0 Å². The minimum Gasteiger partial charge on any atom is -0.394 e. The van der Waals surface area contributed by atoms with Gasteiger partial charge in [-0.15, -0.1) is 0 Å². The van der Waals surface area contributed by atoms with E-state index in [0.717, 1.165) is 19.3 Å². The van der Waals surface area contributed by atoms with Crippen molar-refractivity contribution in [1.29, 1.82) is 0 Å². The molecule has 0 heterocycles. The number of nitrogens with two attached hydrogens (primary N) is 1. The minimum absolute atomic E-state index is 0.0592. The highest BCUT2D eigenvalue weighted by atomic mass is 16.5. The summed E-state index contributed by atoms with van der Waals surface area (Å²) >= 11 is 0. The van der Waals surface area contributed by atoms with Gasteiger partial charge < -0.3 is 15.6 Å². The third kappa shape index (κ3) is 3.74. The van der Waals surface area contributed by atoms with E-state index in [0.29, 0.717) is 5.92 Å². The topological polar surface area (TPSA) is 55.5 Å². The quantitative estimate of drug-likeness (QED) is 0.737. The fourth-order valence-electron chi connectivity index (χ4n) is 2.16. The Morgan fingerprint density at radius 2 is 2.07 bits per heavy atom. The van der Waals surface area contributed by atoms with Crippen molar-refractivity contribution in [2.75, 3.05) is 6.61 Å². The van der Waals surface area contributed by atoms with E-state index in [-0.39, 0.29) is 18.3 Å². The fourth-order valence-corrected chi connectivity index (χ4v) is 2.16. The molecule has 0 amide bonds. The van der Waals surface area contributed by atoms with Gasteiger partial charge in [0.05, 0.1) is 18.3 Å². The van der Waals surface area contributed by atoms with Gasteiger partial charge in [-0.05, 0) is 46.0 Å². The number of hydrogen-bond acceptors (Lipinski definition) is 3. The highest BCUT2D eigenvalue weighted by Crippen LogP contribution is 2.34. The lowest BCUT2D eigenvalue weighted by atomic mass is 9.76. The average molecular weight is 215 g/mol. The van der Waals surface area contributed by atoms with Crippen LogP contribution in [0.1, 0.15) is 47.0 Å². The van der Waals surface area contributed by atoms with E-state index in [2.05, 4.69) is 27.7 Å². The number of ether oxygens (including phenoxy) is 1. The van der Waals surface area contributed by atoms with Crippen LogP contribution in [0.5, 0.6) is 0 Å². The Bertz CT molecular complexity index is 212. The van der Waals surface area contributed by atoms with Crippen LogP contribution in [0, 0.1) is 5.92 Å². The third-order valence-corrected chi connectivity index (χ3v) is 3.16. The van der Waals surface area contributed by atoms with E-state index in [4.69, 9.17) is 10.5 Å². The summed E-state index contributed by atoms with van der Waals surface area (Å²) in [5.41, 5.74) is 5.54. The van der Waals surface area contributed by atoms with Crippen molar-refractivity contribution in [2.45, 2.75) is 64.2 Å². The van der Waals surface area contributed by atoms with E-state index < -0.39 is 5.54 Å². The zero-order chi connectivity index (χ0) is 11.7. The van der Waals surface area contributed by atoms with Gasteiger partial charge in [0.15, 0.2) is 0 Å². The lowest BCUT2D eigenvalue weighted by Crippen LogP contribution is -2.52. The van der Waals surface area contributed by atoms with E-state index in [1.54, 1.807) is 0 Å². The predicted molar refractivity (Wildman–Crippen MR) is 61.6 cm³/mol. The summed E-state index contributed by atoms with van der Waals surface area (Å²) in [6, 6.07) is 0. The second-order valence-electron chi connectivity index (χ2n) is 6.01. The average Bonchev–Trinajstić information content (AvgIpc) is 2.09. The largest absolute Gasteiger partial charge is 0.394 e. The van der Waals surface area contributed by atoms with Crippen LogP contribution in [-0.4, -0.2) is 29.0 Å². The first kappa shape index (κ1) is 12.9. The molecular formula is C12H25NO2. The number of aliphatic hydroxyl groups is 1. The Morgan fingerprint density at radius 1 is 1.47 bits per heavy atom. The molecule has 0 aromatic heterocycles. The molecule has 3 N–H and O–H groups in total. The van der Waals surface area contributed by atoms with Crippen LogP contribution in [0.15, 0.2) is 0 Å². The molecule has 0 aromatic rings. The van der Waals surface area contributed by atoms with Crippen LogP contribution >= 0.6 is 0 Å². The molecule has 0 aromatic carbocycles. The number of aliphatic hydroxyl groups excluding tert-OH is 1. The summed E-state index contributed by atoms with van der Waals surface area (Å²) in [6.07, 6.45) is 2.88. The molecular weight excluding hydrogens is 190 g/mol. The molecule has 3 nitrogen and oxygen atoms in total. The van der Waals surface area contributed by atoms with Gasteiger partial charge in [-0.3, -0.25) is 0 Å². The first-order valence-electron chi connectivity index (χ1n) is 5.83. The zero-order valence-electron chi connectivity index (χ0n) is 10.4. The van der Waals surface area contributed by atoms with Crippen LogP contribution in [0.4, 0.5) is 0 Å². The molecule has 15 heavy (non-hydrogen) atoms. The molecule has 3 unspecified atom stereocenters. The van der Waals surface area contributed by atoms with Crippen molar-refractivity contribution in [2.24, 2.45) is 11.7 Å². The highest BCUT2D eigenvalue weighted by Gasteiger charge is 2.38. The Kier molecular flexibility index (Phi) is 3.80. The molecule has 1 aliphatic carbocycles. The molecule has 1 saturated carbocycles. The molecule has 3 atom stereocenters. The molecule has 0 bridgehead atoms. The van der Waals surface area contributed by atoms with Crippen LogP contribution in [0.3, 0.4) is 0 Å². The van der Waals surface area contributed by atoms with Gasteiger partial charge >= 0.3 is 0 Å². The second kappa shape index (κ2) is 4.40. The number of rotatable bonds is 2. The van der Waals surface area contributed by atoms with Crippen LogP contribution < -0.4 is 5.73 Å². The standard InChI is InChI=1S/C12H25NO2/c1-9-5-6-12(13,8-14)7-10(9)15-11(2,3)4/h9-10,14H,5-8,13H2,1-4H3. The van der Waals surface area contributed by atoms with Crippen LogP contribution in [0.2, 0.25) is 0 Å². The van der Waals surface area contributed by atoms with Gasteiger partial charge in [-0.1, -0.05) is 6.92 Å². The SMILES string of the molecule is CC1CCC(N)(CO)CC1OC(C)(C)C. The maximum Gasteiger partial charge on any atom is 0.0626 e. The van der Waals surface area contributed by atoms with E-state index in [9.17, 15) is 5.11 Å². The Labute approximate surface area is 93.0 Å². The van der Waals surface area contributed by atoms with E-state index in [1.807, 2.05) is 0 Å². The van der Waals surface area contributed by atoms with Gasteiger partial charge in [0, 0.05) is 5.54 Å². The normalized spacial score (nSPS) is 38.0. The molecule has 0 radical (unpaired) electrons. The molecule has 0 aliphatic heterocycles. The summed E-state index contributed by atoms with van der Waals surface area (Å²) < 4.78 is 6.00. The van der Waals surface area contributed by atoms with Gasteiger partial charge in [0.2, 0.25) is 0 Å². The first-order valence-corrected chi connectivity index (χ1v) is 5.83. The Balaban J connectivity index is 2.62. The Morgan fingerprint density at radius 3 is 2.53 bits per heavy atom. The van der Waals surface area contributed by atoms with E-state index >= 15 is 0 Å². The molecule has 90 valence electrons. The van der Waals surface area contributed by atoms with Crippen molar-refractivity contribution < 1.29 is 9.84 Å².